The van der Waals surface area contributed by atoms with Gasteiger partial charge >= 0.3 is 0 Å². The van der Waals surface area contributed by atoms with Crippen molar-refractivity contribution >= 4 is 0 Å². The average Bonchev–Trinajstić information content (AvgIpc) is 2.09. The molecule has 12 heavy (non-hydrogen) atoms. The zero-order chi connectivity index (χ0) is 9.45. The first kappa shape index (κ1) is 11.8. The molecule has 0 spiro atoms. The second kappa shape index (κ2) is 6.37. The molecule has 1 fully saturated rings. The summed E-state index contributed by atoms with van der Waals surface area (Å²) >= 11 is 0. The van der Waals surface area contributed by atoms with Gasteiger partial charge in [0.2, 0.25) is 0 Å². The topological polar surface area (TPSA) is 49.7 Å². The van der Waals surface area contributed by atoms with E-state index in [0.29, 0.717) is 0 Å². The quantitative estimate of drug-likeness (QED) is 0.537. The highest BCUT2D eigenvalue weighted by molar-refractivity contribution is 4.45. The van der Waals surface area contributed by atoms with Crippen molar-refractivity contribution in [2.45, 2.75) is 0 Å². The third-order valence-corrected chi connectivity index (χ3v) is 2.19. The summed E-state index contributed by atoms with van der Waals surface area (Å²) in [5.41, 5.74) is 0. The molecule has 0 amide bonds. The maximum absolute atomic E-state index is 8.73. The fourth-order valence-corrected chi connectivity index (χ4v) is 1.25. The molecule has 1 heterocycles. The van der Waals surface area contributed by atoms with Crippen molar-refractivity contribution in [2.24, 2.45) is 0 Å². The van der Waals surface area contributed by atoms with Gasteiger partial charge in [0.05, 0.1) is 26.9 Å². The van der Waals surface area contributed by atoms with E-state index in [-0.39, 0.29) is 6.61 Å². The summed E-state index contributed by atoms with van der Waals surface area (Å²) in [5.74, 6) is 0. The lowest BCUT2D eigenvalue weighted by Crippen LogP contribution is -2.53. The summed E-state index contributed by atoms with van der Waals surface area (Å²) in [6, 6.07) is 0. The van der Waals surface area contributed by atoms with E-state index in [9.17, 15) is 0 Å². The van der Waals surface area contributed by atoms with Gasteiger partial charge in [0, 0.05) is 7.11 Å². The van der Waals surface area contributed by atoms with Gasteiger partial charge in [-0.15, -0.1) is 0 Å². The highest BCUT2D eigenvalue weighted by Crippen LogP contribution is 2.05. The molecular formula is C8H20NO3+. The highest BCUT2D eigenvalue weighted by atomic mass is 16.5. The smallest absolute Gasteiger partial charge is 0.102 e. The van der Waals surface area contributed by atoms with Gasteiger partial charge < -0.3 is 19.4 Å². The van der Waals surface area contributed by atoms with E-state index in [0.717, 1.165) is 44.4 Å². The summed E-state index contributed by atoms with van der Waals surface area (Å²) in [6.45, 7) is 4.92. The first-order valence-electron chi connectivity index (χ1n) is 4.24. The van der Waals surface area contributed by atoms with Crippen LogP contribution in [0, 0.1) is 0 Å². The van der Waals surface area contributed by atoms with Crippen LogP contribution in [0.5, 0.6) is 0 Å². The van der Waals surface area contributed by atoms with Crippen LogP contribution in [0.25, 0.3) is 0 Å². The molecule has 0 aromatic heterocycles. The van der Waals surface area contributed by atoms with Gasteiger partial charge in [-0.1, -0.05) is 0 Å². The summed E-state index contributed by atoms with van der Waals surface area (Å²) in [5, 5.41) is 15.7. The van der Waals surface area contributed by atoms with Gasteiger partial charge in [-0.3, -0.25) is 0 Å². The maximum Gasteiger partial charge on any atom is 0.102 e. The van der Waals surface area contributed by atoms with Crippen LogP contribution in [0.3, 0.4) is 0 Å². The zero-order valence-corrected chi connectivity index (χ0v) is 7.99. The number of nitrogens with zero attached hydrogens (tertiary/aromatic N) is 1. The molecule has 2 N–H and O–H groups in total. The number of likely N-dealkylation sites (N-methyl/N-ethyl adjacent to an activating group) is 1. The Hall–Kier alpha value is -0.160. The van der Waals surface area contributed by atoms with E-state index in [1.54, 1.807) is 0 Å². The van der Waals surface area contributed by atoms with E-state index < -0.39 is 0 Å². The summed E-state index contributed by atoms with van der Waals surface area (Å²) < 4.78 is 6.18. The number of ether oxygens (including phenoxy) is 1. The predicted molar refractivity (Wildman–Crippen MR) is 46.8 cm³/mol. The molecular weight excluding hydrogens is 158 g/mol. The second-order valence-electron chi connectivity index (χ2n) is 3.13. The molecule has 1 saturated heterocycles. The molecule has 0 saturated carbocycles. The fourth-order valence-electron chi connectivity index (χ4n) is 1.25. The van der Waals surface area contributed by atoms with Crippen molar-refractivity contribution in [2.75, 3.05) is 53.6 Å². The van der Waals surface area contributed by atoms with Crippen LogP contribution in [0.2, 0.25) is 0 Å². The zero-order valence-electron chi connectivity index (χ0n) is 7.99. The minimum atomic E-state index is 0.288. The number of rotatable bonds is 2. The van der Waals surface area contributed by atoms with E-state index >= 15 is 0 Å². The van der Waals surface area contributed by atoms with Crippen molar-refractivity contribution in [1.82, 2.24) is 0 Å². The lowest BCUT2D eigenvalue weighted by atomic mass is 10.3. The SMILES string of the molecule is CO.C[N+]1(CCO)CCOCC1. The first-order chi connectivity index (χ1) is 5.77. The minimum Gasteiger partial charge on any atom is -0.400 e. The normalized spacial score (nSPS) is 21.0. The largest absolute Gasteiger partial charge is 0.400 e. The van der Waals surface area contributed by atoms with Crippen LogP contribution in [0.1, 0.15) is 0 Å². The van der Waals surface area contributed by atoms with Gasteiger partial charge in [-0.05, 0) is 0 Å². The molecule has 0 aliphatic carbocycles. The highest BCUT2D eigenvalue weighted by Gasteiger charge is 2.23. The minimum absolute atomic E-state index is 0.288. The Labute approximate surface area is 74.0 Å². The van der Waals surface area contributed by atoms with Crippen molar-refractivity contribution in [3.05, 3.63) is 0 Å². The van der Waals surface area contributed by atoms with Crippen molar-refractivity contribution in [3.63, 3.8) is 0 Å². The number of aliphatic hydroxyl groups is 2. The lowest BCUT2D eigenvalue weighted by molar-refractivity contribution is -0.917. The van der Waals surface area contributed by atoms with Crippen LogP contribution in [0.15, 0.2) is 0 Å². The number of quaternary nitrogens is 1. The molecule has 4 heteroatoms. The average molecular weight is 178 g/mol. The summed E-state index contributed by atoms with van der Waals surface area (Å²) in [7, 11) is 3.17. The molecule has 0 aromatic carbocycles. The third-order valence-electron chi connectivity index (χ3n) is 2.19. The lowest BCUT2D eigenvalue weighted by Gasteiger charge is -2.36. The molecule has 74 valence electrons. The van der Waals surface area contributed by atoms with E-state index in [1.807, 2.05) is 0 Å². The number of morpholine rings is 1. The summed E-state index contributed by atoms with van der Waals surface area (Å²) in [6.07, 6.45) is 0. The third kappa shape index (κ3) is 4.01. The van der Waals surface area contributed by atoms with E-state index in [2.05, 4.69) is 7.05 Å². The number of hydrogen-bond donors (Lipinski definition) is 2. The van der Waals surface area contributed by atoms with Crippen LogP contribution < -0.4 is 0 Å². The van der Waals surface area contributed by atoms with Gasteiger partial charge in [-0.2, -0.15) is 0 Å². The first-order valence-corrected chi connectivity index (χ1v) is 4.24. The van der Waals surface area contributed by atoms with Gasteiger partial charge in [0.25, 0.3) is 0 Å². The van der Waals surface area contributed by atoms with Crippen LogP contribution in [-0.2, 0) is 4.74 Å². The number of hydrogen-bond acceptors (Lipinski definition) is 3. The predicted octanol–water partition coefficient (Wildman–Crippen LogP) is -0.936. The summed E-state index contributed by atoms with van der Waals surface area (Å²) in [4.78, 5) is 0. The molecule has 0 aromatic rings. The Balaban J connectivity index is 0.000000561. The van der Waals surface area contributed by atoms with Gasteiger partial charge in [0.15, 0.2) is 0 Å². The molecule has 0 bridgehead atoms. The Bertz CT molecular complexity index is 97.0. The van der Waals surface area contributed by atoms with E-state index in [1.165, 1.54) is 0 Å². The monoisotopic (exact) mass is 178 g/mol. The van der Waals surface area contributed by atoms with Crippen LogP contribution in [0.4, 0.5) is 0 Å². The molecule has 1 rings (SSSR count). The molecule has 0 atom stereocenters. The molecule has 0 radical (unpaired) electrons. The Morgan fingerprint density at radius 1 is 1.25 bits per heavy atom. The Morgan fingerprint density at radius 2 is 1.75 bits per heavy atom. The number of aliphatic hydroxyl groups excluding tert-OH is 2. The fraction of sp³-hybridized carbons (Fsp3) is 1.00. The Morgan fingerprint density at radius 3 is 2.17 bits per heavy atom. The Kier molecular flexibility index (Phi) is 6.28. The van der Waals surface area contributed by atoms with Crippen molar-refractivity contribution in [3.8, 4) is 0 Å². The molecule has 4 nitrogen and oxygen atoms in total. The van der Waals surface area contributed by atoms with E-state index in [4.69, 9.17) is 14.9 Å². The molecule has 0 unspecified atom stereocenters. The second-order valence-corrected chi connectivity index (χ2v) is 3.13. The van der Waals surface area contributed by atoms with Gasteiger partial charge in [-0.25, -0.2) is 0 Å². The van der Waals surface area contributed by atoms with Crippen LogP contribution >= 0.6 is 0 Å². The molecule has 1 aliphatic heterocycles. The molecule has 1 aliphatic rings. The standard InChI is InChI=1S/C7H16NO2.CH4O/c1-8(2-5-9)3-6-10-7-4-8;1-2/h9H,2-7H2,1H3;2H,1H3/q+1;. The van der Waals surface area contributed by atoms with Gasteiger partial charge in [0.1, 0.15) is 19.6 Å². The van der Waals surface area contributed by atoms with Crippen molar-refractivity contribution < 1.29 is 19.4 Å². The van der Waals surface area contributed by atoms with Crippen molar-refractivity contribution in [1.29, 1.82) is 0 Å². The van der Waals surface area contributed by atoms with Crippen LogP contribution in [-0.4, -0.2) is 68.3 Å². The maximum atomic E-state index is 8.73.